The van der Waals surface area contributed by atoms with Crippen LogP contribution in [0.5, 0.6) is 5.75 Å². The molecule has 1 aromatic rings. The van der Waals surface area contributed by atoms with Crippen LogP contribution in [-0.2, 0) is 0 Å². The summed E-state index contributed by atoms with van der Waals surface area (Å²) < 4.78 is 0. The van der Waals surface area contributed by atoms with Crippen LogP contribution < -0.4 is 0 Å². The van der Waals surface area contributed by atoms with E-state index in [0.29, 0.717) is 17.6 Å². The summed E-state index contributed by atoms with van der Waals surface area (Å²) in [6.07, 6.45) is 6.40. The Hall–Kier alpha value is -0.980. The molecule has 1 aliphatic carbocycles. The minimum absolute atomic E-state index is 0.505. The fraction of sp³-hybridized carbons (Fsp3) is 0.667. The van der Waals surface area contributed by atoms with Crippen LogP contribution in [0.25, 0.3) is 0 Å². The molecule has 0 aromatic heterocycles. The van der Waals surface area contributed by atoms with E-state index in [-0.39, 0.29) is 0 Å². The van der Waals surface area contributed by atoms with Crippen LogP contribution in [0.15, 0.2) is 12.1 Å². The molecular formula is C18H28O. The number of phenols is 1. The van der Waals surface area contributed by atoms with E-state index in [1.54, 1.807) is 0 Å². The van der Waals surface area contributed by atoms with E-state index in [1.165, 1.54) is 48.8 Å². The Labute approximate surface area is 118 Å². The van der Waals surface area contributed by atoms with E-state index in [2.05, 4.69) is 33.8 Å². The van der Waals surface area contributed by atoms with Gasteiger partial charge < -0.3 is 5.11 Å². The number of aromatic hydroxyl groups is 1. The highest BCUT2D eigenvalue weighted by Crippen LogP contribution is 2.47. The van der Waals surface area contributed by atoms with Gasteiger partial charge in [0.15, 0.2) is 0 Å². The SMILES string of the molecule is CCCC[C@H](C)[C@H]1CC[C@H](C)c2c(O)cc(C)cc21. The lowest BCUT2D eigenvalue weighted by atomic mass is 9.71. The number of fused-ring (bicyclic) bond motifs is 1. The van der Waals surface area contributed by atoms with Gasteiger partial charge in [-0.1, -0.05) is 46.1 Å². The predicted octanol–water partition coefficient (Wildman–Crippen LogP) is 5.51. The Bertz CT molecular complexity index is 436. The molecule has 3 atom stereocenters. The fourth-order valence-electron chi connectivity index (χ4n) is 3.70. The third-order valence-corrected chi connectivity index (χ3v) is 4.84. The molecule has 1 N–H and O–H groups in total. The normalized spacial score (nSPS) is 24.0. The van der Waals surface area contributed by atoms with Crippen molar-refractivity contribution >= 4 is 0 Å². The predicted molar refractivity (Wildman–Crippen MR) is 81.9 cm³/mol. The summed E-state index contributed by atoms with van der Waals surface area (Å²) in [7, 11) is 0. The first-order valence-corrected chi connectivity index (χ1v) is 7.88. The van der Waals surface area contributed by atoms with Crippen LogP contribution in [0.2, 0.25) is 0 Å². The maximum Gasteiger partial charge on any atom is 0.119 e. The van der Waals surface area contributed by atoms with E-state index in [1.807, 2.05) is 6.07 Å². The molecule has 2 rings (SSSR count). The van der Waals surface area contributed by atoms with Crippen LogP contribution in [0, 0.1) is 12.8 Å². The number of hydrogen-bond donors (Lipinski definition) is 1. The third-order valence-electron chi connectivity index (χ3n) is 4.84. The van der Waals surface area contributed by atoms with Crippen LogP contribution in [0.3, 0.4) is 0 Å². The van der Waals surface area contributed by atoms with Crippen molar-refractivity contribution in [3.8, 4) is 5.75 Å². The summed E-state index contributed by atoms with van der Waals surface area (Å²) >= 11 is 0. The van der Waals surface area contributed by atoms with Crippen molar-refractivity contribution in [2.75, 3.05) is 0 Å². The van der Waals surface area contributed by atoms with Crippen molar-refractivity contribution in [3.63, 3.8) is 0 Å². The lowest BCUT2D eigenvalue weighted by Gasteiger charge is -2.34. The van der Waals surface area contributed by atoms with Gasteiger partial charge in [0.05, 0.1) is 0 Å². The Morgan fingerprint density at radius 1 is 1.32 bits per heavy atom. The number of phenolic OH excluding ortho intramolecular Hbond substituents is 1. The fourth-order valence-corrected chi connectivity index (χ4v) is 3.70. The second-order valence-corrected chi connectivity index (χ2v) is 6.49. The molecule has 0 heterocycles. The van der Waals surface area contributed by atoms with E-state index in [9.17, 15) is 5.11 Å². The van der Waals surface area contributed by atoms with Gasteiger partial charge in [-0.05, 0) is 54.7 Å². The molecule has 0 aliphatic heterocycles. The molecule has 1 aromatic carbocycles. The summed E-state index contributed by atoms with van der Waals surface area (Å²) in [5, 5.41) is 10.3. The van der Waals surface area contributed by atoms with E-state index in [4.69, 9.17) is 0 Å². The van der Waals surface area contributed by atoms with Crippen LogP contribution >= 0.6 is 0 Å². The van der Waals surface area contributed by atoms with Gasteiger partial charge in [-0.3, -0.25) is 0 Å². The Balaban J connectivity index is 2.33. The number of unbranched alkanes of at least 4 members (excludes halogenated alkanes) is 1. The molecule has 0 saturated heterocycles. The van der Waals surface area contributed by atoms with Gasteiger partial charge >= 0.3 is 0 Å². The smallest absolute Gasteiger partial charge is 0.119 e. The van der Waals surface area contributed by atoms with Crippen LogP contribution in [0.4, 0.5) is 0 Å². The highest BCUT2D eigenvalue weighted by atomic mass is 16.3. The third kappa shape index (κ3) is 2.96. The van der Waals surface area contributed by atoms with Crippen molar-refractivity contribution in [1.29, 1.82) is 0 Å². The Kier molecular flexibility index (Phi) is 4.54. The van der Waals surface area contributed by atoms with E-state index >= 15 is 0 Å². The number of benzene rings is 1. The first-order valence-electron chi connectivity index (χ1n) is 7.88. The molecule has 0 saturated carbocycles. The van der Waals surface area contributed by atoms with Gasteiger partial charge in [0.25, 0.3) is 0 Å². The minimum Gasteiger partial charge on any atom is -0.508 e. The number of hydrogen-bond acceptors (Lipinski definition) is 1. The Morgan fingerprint density at radius 3 is 2.74 bits per heavy atom. The van der Waals surface area contributed by atoms with E-state index in [0.717, 1.165) is 5.92 Å². The van der Waals surface area contributed by atoms with Crippen molar-refractivity contribution < 1.29 is 5.11 Å². The maximum atomic E-state index is 10.3. The van der Waals surface area contributed by atoms with Crippen LogP contribution in [-0.4, -0.2) is 5.11 Å². The zero-order valence-electron chi connectivity index (χ0n) is 12.9. The second-order valence-electron chi connectivity index (χ2n) is 6.49. The second kappa shape index (κ2) is 5.98. The molecule has 0 fully saturated rings. The molecule has 19 heavy (non-hydrogen) atoms. The highest BCUT2D eigenvalue weighted by molar-refractivity contribution is 5.48. The summed E-state index contributed by atoms with van der Waals surface area (Å²) in [6.45, 7) is 8.99. The highest BCUT2D eigenvalue weighted by Gasteiger charge is 2.30. The average molecular weight is 260 g/mol. The molecule has 0 amide bonds. The van der Waals surface area contributed by atoms with Crippen molar-refractivity contribution in [2.45, 2.75) is 71.6 Å². The largest absolute Gasteiger partial charge is 0.508 e. The lowest BCUT2D eigenvalue weighted by Crippen LogP contribution is -2.19. The van der Waals surface area contributed by atoms with Crippen molar-refractivity contribution in [3.05, 3.63) is 28.8 Å². The van der Waals surface area contributed by atoms with Gasteiger partial charge in [-0.2, -0.15) is 0 Å². The summed E-state index contributed by atoms with van der Waals surface area (Å²) in [6, 6.07) is 4.24. The molecule has 0 spiro atoms. The van der Waals surface area contributed by atoms with Gasteiger partial charge in [-0.15, -0.1) is 0 Å². The summed E-state index contributed by atoms with van der Waals surface area (Å²) in [5.74, 6) is 2.40. The molecule has 1 aliphatic rings. The number of rotatable bonds is 4. The molecule has 0 bridgehead atoms. The van der Waals surface area contributed by atoms with Crippen LogP contribution in [0.1, 0.15) is 81.4 Å². The monoisotopic (exact) mass is 260 g/mol. The Morgan fingerprint density at radius 2 is 2.05 bits per heavy atom. The standard InChI is InChI=1S/C18H28O/c1-5-6-7-13(3)15-9-8-14(4)18-16(15)10-12(2)11-17(18)19/h10-11,13-15,19H,5-9H2,1-4H3/t13-,14-,15+/m0/s1. The summed E-state index contributed by atoms with van der Waals surface area (Å²) in [4.78, 5) is 0. The topological polar surface area (TPSA) is 20.2 Å². The van der Waals surface area contributed by atoms with Gasteiger partial charge in [0.1, 0.15) is 5.75 Å². The molecule has 0 unspecified atom stereocenters. The summed E-state index contributed by atoms with van der Waals surface area (Å²) in [5.41, 5.74) is 3.85. The molecule has 0 radical (unpaired) electrons. The van der Waals surface area contributed by atoms with Gasteiger partial charge in [0.2, 0.25) is 0 Å². The molecule has 106 valence electrons. The van der Waals surface area contributed by atoms with Crippen molar-refractivity contribution in [2.24, 2.45) is 5.92 Å². The zero-order chi connectivity index (χ0) is 14.0. The van der Waals surface area contributed by atoms with Crippen molar-refractivity contribution in [1.82, 2.24) is 0 Å². The number of aryl methyl sites for hydroxylation is 1. The minimum atomic E-state index is 0.505. The van der Waals surface area contributed by atoms with Gasteiger partial charge in [-0.25, -0.2) is 0 Å². The first kappa shape index (κ1) is 14.4. The van der Waals surface area contributed by atoms with Gasteiger partial charge in [0, 0.05) is 5.56 Å². The van der Waals surface area contributed by atoms with E-state index < -0.39 is 0 Å². The zero-order valence-corrected chi connectivity index (χ0v) is 12.9. The molecule has 1 nitrogen and oxygen atoms in total. The average Bonchev–Trinajstić information content (AvgIpc) is 2.35. The molecular weight excluding hydrogens is 232 g/mol. The first-order chi connectivity index (χ1) is 9.04. The maximum absolute atomic E-state index is 10.3. The molecule has 1 heteroatoms. The lowest BCUT2D eigenvalue weighted by molar-refractivity contribution is 0.353. The quantitative estimate of drug-likeness (QED) is 0.757.